The largest absolute Gasteiger partial charge is 0.320 e. The number of benzene rings is 2. The fraction of sp³-hybridized carbons (Fsp3) is 0.176. The smallest absolute Gasteiger partial charge is 0.134 e. The molecule has 0 amide bonds. The van der Waals surface area contributed by atoms with E-state index in [0.717, 1.165) is 28.5 Å². The highest BCUT2D eigenvalue weighted by molar-refractivity contribution is 6.31. The second-order valence-electron chi connectivity index (χ2n) is 5.33. The van der Waals surface area contributed by atoms with Crippen molar-refractivity contribution in [2.75, 3.05) is 0 Å². The fourth-order valence-electron chi connectivity index (χ4n) is 2.69. The molecule has 0 aliphatic heterocycles. The first-order chi connectivity index (χ1) is 11.0. The topological polar surface area (TPSA) is 56.7 Å². The average molecular weight is 347 g/mol. The average Bonchev–Trinajstić information content (AvgIpc) is 2.86. The minimum Gasteiger partial charge on any atom is -0.320 e. The number of halogens is 2. The lowest BCUT2D eigenvalue weighted by Gasteiger charge is -2.20. The van der Waals surface area contributed by atoms with Gasteiger partial charge in [0.1, 0.15) is 11.6 Å². The SMILES string of the molecule is Cc1nnc(C)n1-c1ccc(Cl)cc1[C@H](N)c1ccccc1Cl. The molecule has 0 aliphatic rings. The van der Waals surface area contributed by atoms with Crippen molar-refractivity contribution in [2.45, 2.75) is 19.9 Å². The van der Waals surface area contributed by atoms with Crippen LogP contribution in [0.15, 0.2) is 42.5 Å². The van der Waals surface area contributed by atoms with E-state index >= 15 is 0 Å². The summed E-state index contributed by atoms with van der Waals surface area (Å²) >= 11 is 12.5. The monoisotopic (exact) mass is 346 g/mol. The molecule has 0 radical (unpaired) electrons. The molecule has 3 aromatic rings. The Morgan fingerprint density at radius 2 is 1.61 bits per heavy atom. The van der Waals surface area contributed by atoms with E-state index in [2.05, 4.69) is 10.2 Å². The van der Waals surface area contributed by atoms with E-state index in [9.17, 15) is 0 Å². The van der Waals surface area contributed by atoms with Gasteiger partial charge in [-0.15, -0.1) is 10.2 Å². The molecule has 2 aromatic carbocycles. The van der Waals surface area contributed by atoms with Gasteiger partial charge in [-0.3, -0.25) is 4.57 Å². The van der Waals surface area contributed by atoms with Gasteiger partial charge >= 0.3 is 0 Å². The summed E-state index contributed by atoms with van der Waals surface area (Å²) in [4.78, 5) is 0. The number of hydrogen-bond acceptors (Lipinski definition) is 3. The third-order valence-electron chi connectivity index (χ3n) is 3.79. The van der Waals surface area contributed by atoms with Gasteiger partial charge in [0.15, 0.2) is 0 Å². The molecule has 0 saturated heterocycles. The minimum atomic E-state index is -0.404. The van der Waals surface area contributed by atoms with Crippen LogP contribution in [-0.4, -0.2) is 14.8 Å². The highest BCUT2D eigenvalue weighted by atomic mass is 35.5. The van der Waals surface area contributed by atoms with Crippen molar-refractivity contribution in [1.29, 1.82) is 0 Å². The van der Waals surface area contributed by atoms with Crippen molar-refractivity contribution < 1.29 is 0 Å². The van der Waals surface area contributed by atoms with Crippen molar-refractivity contribution in [3.8, 4) is 5.69 Å². The molecule has 3 rings (SSSR count). The van der Waals surface area contributed by atoms with E-state index in [1.807, 2.05) is 60.9 Å². The molecule has 6 heteroatoms. The molecule has 0 bridgehead atoms. The first-order valence-electron chi connectivity index (χ1n) is 7.17. The number of rotatable bonds is 3. The molecule has 2 N–H and O–H groups in total. The van der Waals surface area contributed by atoms with Crippen molar-refractivity contribution in [1.82, 2.24) is 14.8 Å². The molecule has 0 aliphatic carbocycles. The Morgan fingerprint density at radius 3 is 2.26 bits per heavy atom. The van der Waals surface area contributed by atoms with E-state index in [0.29, 0.717) is 10.0 Å². The Hall–Kier alpha value is -1.88. The van der Waals surface area contributed by atoms with Crippen LogP contribution in [0.3, 0.4) is 0 Å². The first-order valence-corrected chi connectivity index (χ1v) is 7.93. The fourth-order valence-corrected chi connectivity index (χ4v) is 3.12. The quantitative estimate of drug-likeness (QED) is 0.771. The van der Waals surface area contributed by atoms with Crippen LogP contribution in [0.5, 0.6) is 0 Å². The van der Waals surface area contributed by atoms with Gasteiger partial charge in [-0.2, -0.15) is 0 Å². The summed E-state index contributed by atoms with van der Waals surface area (Å²) < 4.78 is 1.96. The van der Waals surface area contributed by atoms with E-state index < -0.39 is 6.04 Å². The zero-order chi connectivity index (χ0) is 16.6. The van der Waals surface area contributed by atoms with Gasteiger partial charge in [-0.1, -0.05) is 41.4 Å². The summed E-state index contributed by atoms with van der Waals surface area (Å²) in [6, 6.07) is 12.8. The van der Waals surface area contributed by atoms with Crippen LogP contribution in [0.2, 0.25) is 10.0 Å². The maximum Gasteiger partial charge on any atom is 0.134 e. The number of aromatic nitrogens is 3. The van der Waals surface area contributed by atoms with Gasteiger partial charge in [0, 0.05) is 10.0 Å². The van der Waals surface area contributed by atoms with Crippen molar-refractivity contribution in [3.05, 3.63) is 75.3 Å². The minimum absolute atomic E-state index is 0.404. The molecule has 23 heavy (non-hydrogen) atoms. The van der Waals surface area contributed by atoms with Gasteiger partial charge in [-0.25, -0.2) is 0 Å². The summed E-state index contributed by atoms with van der Waals surface area (Å²) in [6.45, 7) is 3.80. The van der Waals surface area contributed by atoms with Gasteiger partial charge in [0.25, 0.3) is 0 Å². The Morgan fingerprint density at radius 1 is 0.957 bits per heavy atom. The molecule has 4 nitrogen and oxygen atoms in total. The maximum absolute atomic E-state index is 6.50. The van der Waals surface area contributed by atoms with Crippen LogP contribution < -0.4 is 5.73 Å². The zero-order valence-electron chi connectivity index (χ0n) is 12.8. The molecule has 0 unspecified atom stereocenters. The van der Waals surface area contributed by atoms with E-state index in [1.165, 1.54) is 0 Å². The van der Waals surface area contributed by atoms with Crippen LogP contribution >= 0.6 is 23.2 Å². The van der Waals surface area contributed by atoms with Gasteiger partial charge < -0.3 is 5.73 Å². The van der Waals surface area contributed by atoms with Crippen LogP contribution in [0, 0.1) is 13.8 Å². The molecule has 1 aromatic heterocycles. The van der Waals surface area contributed by atoms with E-state index in [1.54, 1.807) is 0 Å². The number of aryl methyl sites for hydroxylation is 2. The van der Waals surface area contributed by atoms with Crippen LogP contribution in [-0.2, 0) is 0 Å². The van der Waals surface area contributed by atoms with Crippen LogP contribution in [0.4, 0.5) is 0 Å². The summed E-state index contributed by atoms with van der Waals surface area (Å²) in [5.74, 6) is 1.58. The van der Waals surface area contributed by atoms with Crippen LogP contribution in [0.1, 0.15) is 28.8 Å². The molecule has 0 saturated carbocycles. The second-order valence-corrected chi connectivity index (χ2v) is 6.18. The normalized spacial score (nSPS) is 12.4. The van der Waals surface area contributed by atoms with E-state index in [-0.39, 0.29) is 0 Å². The Balaban J connectivity index is 2.20. The number of hydrogen-bond donors (Lipinski definition) is 1. The summed E-state index contributed by atoms with van der Waals surface area (Å²) in [6.07, 6.45) is 0. The maximum atomic E-state index is 6.50. The lowest BCUT2D eigenvalue weighted by atomic mass is 9.97. The molecule has 0 fully saturated rings. The van der Waals surface area contributed by atoms with E-state index in [4.69, 9.17) is 28.9 Å². The third kappa shape index (κ3) is 2.98. The second kappa shape index (κ2) is 6.32. The first kappa shape index (κ1) is 16.0. The zero-order valence-corrected chi connectivity index (χ0v) is 14.3. The Labute approximate surface area is 144 Å². The predicted octanol–water partition coefficient (Wildman–Crippen LogP) is 4.24. The summed E-state index contributed by atoms with van der Waals surface area (Å²) in [5, 5.41) is 9.49. The van der Waals surface area contributed by atoms with Gasteiger partial charge in [-0.05, 0) is 49.2 Å². The van der Waals surface area contributed by atoms with Crippen molar-refractivity contribution in [3.63, 3.8) is 0 Å². The summed E-state index contributed by atoms with van der Waals surface area (Å²) in [7, 11) is 0. The van der Waals surface area contributed by atoms with Crippen molar-refractivity contribution in [2.24, 2.45) is 5.73 Å². The molecular weight excluding hydrogens is 331 g/mol. The van der Waals surface area contributed by atoms with Gasteiger partial charge in [0.2, 0.25) is 0 Å². The Kier molecular flexibility index (Phi) is 4.39. The standard InChI is InChI=1S/C17H16Cl2N4/c1-10-21-22-11(2)23(10)16-8-7-12(18)9-14(16)17(20)13-5-3-4-6-15(13)19/h3-9,17H,20H2,1-2H3/t17-/m1/s1. The lowest BCUT2D eigenvalue weighted by Crippen LogP contribution is -2.16. The van der Waals surface area contributed by atoms with Crippen molar-refractivity contribution >= 4 is 23.2 Å². The third-order valence-corrected chi connectivity index (χ3v) is 4.37. The molecule has 1 heterocycles. The Bertz CT molecular complexity index is 838. The highest BCUT2D eigenvalue weighted by Crippen LogP contribution is 2.32. The highest BCUT2D eigenvalue weighted by Gasteiger charge is 2.19. The van der Waals surface area contributed by atoms with Gasteiger partial charge in [0.05, 0.1) is 11.7 Å². The lowest BCUT2D eigenvalue weighted by molar-refractivity contribution is 0.834. The predicted molar refractivity (Wildman–Crippen MR) is 93.3 cm³/mol. The number of nitrogens with two attached hydrogens (primary N) is 1. The van der Waals surface area contributed by atoms with Crippen LogP contribution in [0.25, 0.3) is 5.69 Å². The molecule has 1 atom stereocenters. The number of nitrogens with zero attached hydrogens (tertiary/aromatic N) is 3. The molecule has 118 valence electrons. The molecular formula is C17H16Cl2N4. The summed E-state index contributed by atoms with van der Waals surface area (Å²) in [5.41, 5.74) is 9.12. The molecule has 0 spiro atoms.